The fourth-order valence-electron chi connectivity index (χ4n) is 3.14. The number of anilines is 2. The molecule has 1 saturated heterocycles. The van der Waals surface area contributed by atoms with E-state index in [0.29, 0.717) is 18.7 Å². The average Bonchev–Trinajstić information content (AvgIpc) is 3.06. The van der Waals surface area contributed by atoms with E-state index in [9.17, 15) is 9.90 Å². The molecule has 0 spiro atoms. The van der Waals surface area contributed by atoms with Gasteiger partial charge in [0.25, 0.3) is 5.91 Å². The molecular formula is C17H24N6O2. The van der Waals surface area contributed by atoms with E-state index in [1.165, 1.54) is 6.33 Å². The van der Waals surface area contributed by atoms with Crippen molar-refractivity contribution in [2.45, 2.75) is 18.4 Å². The van der Waals surface area contributed by atoms with E-state index >= 15 is 0 Å². The third kappa shape index (κ3) is 3.90. The van der Waals surface area contributed by atoms with Gasteiger partial charge in [0, 0.05) is 46.0 Å². The number of rotatable bonds is 5. The van der Waals surface area contributed by atoms with Gasteiger partial charge in [0.2, 0.25) is 0 Å². The summed E-state index contributed by atoms with van der Waals surface area (Å²) >= 11 is 0. The molecule has 1 amide bonds. The highest BCUT2D eigenvalue weighted by atomic mass is 16.3. The van der Waals surface area contributed by atoms with E-state index in [1.54, 1.807) is 17.7 Å². The molecule has 134 valence electrons. The lowest BCUT2D eigenvalue weighted by Gasteiger charge is -2.39. The molecule has 8 heteroatoms. The van der Waals surface area contributed by atoms with Gasteiger partial charge in [-0.25, -0.2) is 9.97 Å². The predicted octanol–water partition coefficient (Wildman–Crippen LogP) is 0.618. The average molecular weight is 344 g/mol. The van der Waals surface area contributed by atoms with Crippen molar-refractivity contribution in [2.24, 2.45) is 7.05 Å². The number of carbonyl (C=O) groups is 1. The monoisotopic (exact) mass is 344 g/mol. The zero-order valence-electron chi connectivity index (χ0n) is 14.6. The number of amides is 1. The van der Waals surface area contributed by atoms with E-state index in [1.807, 2.05) is 30.3 Å². The molecule has 0 radical (unpaired) electrons. The van der Waals surface area contributed by atoms with Crippen LogP contribution in [0, 0.1) is 0 Å². The first-order valence-corrected chi connectivity index (χ1v) is 8.37. The maximum Gasteiger partial charge on any atom is 0.267 e. The highest BCUT2D eigenvalue weighted by molar-refractivity contribution is 5.92. The van der Waals surface area contributed by atoms with E-state index in [2.05, 4.69) is 20.6 Å². The summed E-state index contributed by atoms with van der Waals surface area (Å²) in [4.78, 5) is 22.7. The van der Waals surface area contributed by atoms with Gasteiger partial charge in [0.1, 0.15) is 23.7 Å². The molecule has 2 aromatic rings. The second-order valence-electron chi connectivity index (χ2n) is 6.45. The lowest BCUT2D eigenvalue weighted by Crippen LogP contribution is -2.54. The van der Waals surface area contributed by atoms with Crippen LogP contribution in [0.15, 0.2) is 30.7 Å². The van der Waals surface area contributed by atoms with Gasteiger partial charge in [-0.1, -0.05) is 0 Å². The number of hydrogen-bond donors (Lipinski definition) is 3. The largest absolute Gasteiger partial charge is 0.386 e. The fraction of sp³-hybridized carbons (Fsp3) is 0.471. The molecule has 1 aliphatic heterocycles. The Balaban J connectivity index is 1.65. The van der Waals surface area contributed by atoms with Gasteiger partial charge in [-0.2, -0.15) is 0 Å². The third-order valence-electron chi connectivity index (χ3n) is 4.54. The smallest absolute Gasteiger partial charge is 0.267 e. The predicted molar refractivity (Wildman–Crippen MR) is 95.7 cm³/mol. The normalized spacial score (nSPS) is 20.4. The second kappa shape index (κ2) is 7.10. The zero-order chi connectivity index (χ0) is 17.9. The minimum atomic E-state index is -0.982. The number of nitrogens with zero attached hydrogens (tertiary/aromatic N) is 4. The summed E-state index contributed by atoms with van der Waals surface area (Å²) in [7, 11) is 3.62. The van der Waals surface area contributed by atoms with Crippen molar-refractivity contribution in [3.63, 3.8) is 0 Å². The van der Waals surface area contributed by atoms with Crippen molar-refractivity contribution in [3.05, 3.63) is 36.4 Å². The van der Waals surface area contributed by atoms with Crippen molar-refractivity contribution < 1.29 is 9.90 Å². The number of hydrogen-bond acceptors (Lipinski definition) is 6. The molecule has 8 nitrogen and oxygen atoms in total. The number of aryl methyl sites for hydroxylation is 1. The van der Waals surface area contributed by atoms with Crippen LogP contribution in [0.2, 0.25) is 0 Å². The summed E-state index contributed by atoms with van der Waals surface area (Å²) in [5, 5.41) is 16.8. The zero-order valence-corrected chi connectivity index (χ0v) is 14.6. The summed E-state index contributed by atoms with van der Waals surface area (Å²) in [6, 6.07) is 5.43. The van der Waals surface area contributed by atoms with Gasteiger partial charge >= 0.3 is 0 Å². The van der Waals surface area contributed by atoms with Crippen LogP contribution >= 0.6 is 0 Å². The summed E-state index contributed by atoms with van der Waals surface area (Å²) in [6.45, 7) is 1.44. The molecule has 3 rings (SSSR count). The Morgan fingerprint density at radius 1 is 1.44 bits per heavy atom. The first-order valence-electron chi connectivity index (χ1n) is 8.37. The highest BCUT2D eigenvalue weighted by Crippen LogP contribution is 2.25. The van der Waals surface area contributed by atoms with E-state index < -0.39 is 5.60 Å². The Hall–Kier alpha value is -2.61. The standard InChI is InChI=1S/C17H24N6O2/c1-18-14-9-15(21-12-20-14)23-8-4-6-17(25,11-23)10-19-16(24)13-5-3-7-22(13)2/h3,5,7,9,12,25H,4,6,8,10-11H2,1-2H3,(H,19,24)(H,18,20,21). The molecule has 1 aliphatic rings. The van der Waals surface area contributed by atoms with Crippen LogP contribution < -0.4 is 15.5 Å². The highest BCUT2D eigenvalue weighted by Gasteiger charge is 2.34. The molecule has 3 heterocycles. The van der Waals surface area contributed by atoms with Gasteiger partial charge in [-0.3, -0.25) is 4.79 Å². The summed E-state index contributed by atoms with van der Waals surface area (Å²) in [5.74, 6) is 1.32. The van der Waals surface area contributed by atoms with Crippen LogP contribution in [0.5, 0.6) is 0 Å². The first-order chi connectivity index (χ1) is 12.0. The maximum atomic E-state index is 12.3. The number of nitrogens with one attached hydrogen (secondary N) is 2. The summed E-state index contributed by atoms with van der Waals surface area (Å²) in [5.41, 5.74) is -0.408. The Labute approximate surface area is 146 Å². The van der Waals surface area contributed by atoms with Crippen molar-refractivity contribution in [3.8, 4) is 0 Å². The molecule has 0 saturated carbocycles. The SMILES string of the molecule is CNc1cc(N2CCCC(O)(CNC(=O)c3cccn3C)C2)ncn1. The van der Waals surface area contributed by atoms with Crippen LogP contribution in [0.3, 0.4) is 0 Å². The quantitative estimate of drug-likeness (QED) is 0.736. The summed E-state index contributed by atoms with van der Waals surface area (Å²) < 4.78 is 1.76. The fourth-order valence-corrected chi connectivity index (χ4v) is 3.14. The van der Waals surface area contributed by atoms with Crippen molar-refractivity contribution in [1.82, 2.24) is 19.9 Å². The molecule has 0 bridgehead atoms. The molecule has 1 unspecified atom stereocenters. The minimum Gasteiger partial charge on any atom is -0.386 e. The molecular weight excluding hydrogens is 320 g/mol. The topological polar surface area (TPSA) is 95.3 Å². The third-order valence-corrected chi connectivity index (χ3v) is 4.54. The van der Waals surface area contributed by atoms with Crippen LogP contribution in [0.4, 0.5) is 11.6 Å². The van der Waals surface area contributed by atoms with E-state index in [-0.39, 0.29) is 12.5 Å². The van der Waals surface area contributed by atoms with Crippen LogP contribution in [0.25, 0.3) is 0 Å². The minimum absolute atomic E-state index is 0.183. The molecule has 1 fully saturated rings. The number of piperidine rings is 1. The van der Waals surface area contributed by atoms with Crippen molar-refractivity contribution in [1.29, 1.82) is 0 Å². The van der Waals surface area contributed by atoms with E-state index in [4.69, 9.17) is 0 Å². The van der Waals surface area contributed by atoms with Gasteiger partial charge in [0.15, 0.2) is 0 Å². The molecule has 0 aliphatic carbocycles. The number of aromatic nitrogens is 3. The Bertz CT molecular complexity index is 746. The first kappa shape index (κ1) is 17.2. The van der Waals surface area contributed by atoms with E-state index in [0.717, 1.165) is 24.6 Å². The molecule has 3 N–H and O–H groups in total. The van der Waals surface area contributed by atoms with Crippen molar-refractivity contribution >= 4 is 17.5 Å². The number of aliphatic hydroxyl groups is 1. The van der Waals surface area contributed by atoms with Gasteiger partial charge in [0.05, 0.1) is 5.60 Å². The Kier molecular flexibility index (Phi) is 4.89. The molecule has 1 atom stereocenters. The van der Waals surface area contributed by atoms with Crippen LogP contribution in [-0.4, -0.2) is 57.8 Å². The van der Waals surface area contributed by atoms with Gasteiger partial charge < -0.3 is 25.2 Å². The molecule has 25 heavy (non-hydrogen) atoms. The number of β-amino-alcohol motifs (C(OH)–C–C–N with tert-alkyl or cyclic N) is 1. The summed E-state index contributed by atoms with van der Waals surface area (Å²) in [6.07, 6.45) is 4.79. The molecule has 0 aromatic carbocycles. The Morgan fingerprint density at radius 3 is 3.00 bits per heavy atom. The Morgan fingerprint density at radius 2 is 2.28 bits per heavy atom. The molecule has 2 aromatic heterocycles. The lowest BCUT2D eigenvalue weighted by molar-refractivity contribution is 0.0253. The van der Waals surface area contributed by atoms with Crippen molar-refractivity contribution in [2.75, 3.05) is 36.9 Å². The lowest BCUT2D eigenvalue weighted by atomic mass is 9.92. The van der Waals surface area contributed by atoms with Gasteiger partial charge in [-0.15, -0.1) is 0 Å². The maximum absolute atomic E-state index is 12.3. The van der Waals surface area contributed by atoms with Crippen LogP contribution in [0.1, 0.15) is 23.3 Å². The number of carbonyl (C=O) groups excluding carboxylic acids is 1. The van der Waals surface area contributed by atoms with Gasteiger partial charge in [-0.05, 0) is 25.0 Å². The second-order valence-corrected chi connectivity index (χ2v) is 6.45. The van der Waals surface area contributed by atoms with Crippen LogP contribution in [-0.2, 0) is 7.05 Å².